The van der Waals surface area contributed by atoms with Crippen LogP contribution in [0.1, 0.15) is 25.0 Å². The Balaban J connectivity index is 1.48. The molecule has 0 radical (unpaired) electrons. The second-order valence-corrected chi connectivity index (χ2v) is 5.14. The van der Waals surface area contributed by atoms with Crippen LogP contribution in [0.3, 0.4) is 0 Å². The SMILES string of the molecule is Nc1ccn(CCCN(Cc2ccco2)C2CC2)n1. The van der Waals surface area contributed by atoms with E-state index in [2.05, 4.69) is 10.00 Å². The first-order valence-electron chi connectivity index (χ1n) is 6.86. The molecule has 0 bridgehead atoms. The highest BCUT2D eigenvalue weighted by molar-refractivity contribution is 5.23. The maximum Gasteiger partial charge on any atom is 0.145 e. The van der Waals surface area contributed by atoms with Gasteiger partial charge < -0.3 is 10.2 Å². The monoisotopic (exact) mass is 260 g/mol. The molecule has 0 aliphatic heterocycles. The first kappa shape index (κ1) is 12.3. The van der Waals surface area contributed by atoms with Gasteiger partial charge in [-0.05, 0) is 37.5 Å². The van der Waals surface area contributed by atoms with Crippen molar-refractivity contribution in [1.82, 2.24) is 14.7 Å². The summed E-state index contributed by atoms with van der Waals surface area (Å²) in [5, 5.41) is 4.20. The van der Waals surface area contributed by atoms with Gasteiger partial charge in [0.25, 0.3) is 0 Å². The minimum Gasteiger partial charge on any atom is -0.468 e. The Hall–Kier alpha value is -1.75. The van der Waals surface area contributed by atoms with Gasteiger partial charge in [0.1, 0.15) is 11.6 Å². The molecule has 102 valence electrons. The van der Waals surface area contributed by atoms with Crippen molar-refractivity contribution in [3.05, 3.63) is 36.4 Å². The van der Waals surface area contributed by atoms with E-state index in [1.54, 1.807) is 6.26 Å². The Labute approximate surface area is 113 Å². The Bertz CT molecular complexity index is 501. The molecule has 0 amide bonds. The molecule has 2 N–H and O–H groups in total. The second kappa shape index (κ2) is 5.48. The highest BCUT2D eigenvalue weighted by Gasteiger charge is 2.28. The summed E-state index contributed by atoms with van der Waals surface area (Å²) in [6.45, 7) is 2.91. The predicted molar refractivity (Wildman–Crippen MR) is 73.4 cm³/mol. The average Bonchev–Trinajstić information content (AvgIpc) is 2.97. The zero-order valence-corrected chi connectivity index (χ0v) is 11.0. The van der Waals surface area contributed by atoms with Crippen LogP contribution in [-0.2, 0) is 13.1 Å². The lowest BCUT2D eigenvalue weighted by atomic mass is 10.3. The van der Waals surface area contributed by atoms with Gasteiger partial charge in [0, 0.05) is 25.3 Å². The summed E-state index contributed by atoms with van der Waals surface area (Å²) in [6, 6.07) is 6.57. The smallest absolute Gasteiger partial charge is 0.145 e. The lowest BCUT2D eigenvalue weighted by Crippen LogP contribution is -2.27. The molecule has 1 aliphatic rings. The molecule has 2 aromatic heterocycles. The molecule has 3 rings (SSSR count). The zero-order chi connectivity index (χ0) is 13.1. The van der Waals surface area contributed by atoms with Gasteiger partial charge in [-0.25, -0.2) is 0 Å². The number of hydrogen-bond acceptors (Lipinski definition) is 4. The van der Waals surface area contributed by atoms with Gasteiger partial charge in [0.05, 0.1) is 12.8 Å². The summed E-state index contributed by atoms with van der Waals surface area (Å²) < 4.78 is 7.34. The molecule has 0 atom stereocenters. The summed E-state index contributed by atoms with van der Waals surface area (Å²) in [5.74, 6) is 1.64. The number of aromatic nitrogens is 2. The summed E-state index contributed by atoms with van der Waals surface area (Å²) in [4.78, 5) is 2.51. The zero-order valence-electron chi connectivity index (χ0n) is 11.0. The number of aryl methyl sites for hydroxylation is 1. The first-order chi connectivity index (χ1) is 9.31. The van der Waals surface area contributed by atoms with Gasteiger partial charge in [-0.2, -0.15) is 5.10 Å². The Morgan fingerprint density at radius 1 is 1.42 bits per heavy atom. The normalized spacial score (nSPS) is 15.2. The van der Waals surface area contributed by atoms with E-state index in [-0.39, 0.29) is 0 Å². The largest absolute Gasteiger partial charge is 0.468 e. The van der Waals surface area contributed by atoms with Crippen LogP contribution in [0.4, 0.5) is 5.82 Å². The fraction of sp³-hybridized carbons (Fsp3) is 0.500. The minimum absolute atomic E-state index is 0.592. The summed E-state index contributed by atoms with van der Waals surface area (Å²) in [5.41, 5.74) is 5.60. The first-order valence-corrected chi connectivity index (χ1v) is 6.86. The molecular formula is C14H20N4O. The maximum atomic E-state index is 5.60. The lowest BCUT2D eigenvalue weighted by Gasteiger charge is -2.20. The third-order valence-electron chi connectivity index (χ3n) is 3.50. The van der Waals surface area contributed by atoms with Crippen LogP contribution in [0.5, 0.6) is 0 Å². The number of rotatable bonds is 7. The highest BCUT2D eigenvalue weighted by Crippen LogP contribution is 2.28. The molecule has 0 saturated heterocycles. The van der Waals surface area contributed by atoms with Crippen LogP contribution in [0, 0.1) is 0 Å². The van der Waals surface area contributed by atoms with E-state index in [1.165, 1.54) is 12.8 Å². The summed E-state index contributed by atoms with van der Waals surface area (Å²) in [6.07, 6.45) is 7.39. The van der Waals surface area contributed by atoms with Crippen molar-refractivity contribution >= 4 is 5.82 Å². The Morgan fingerprint density at radius 2 is 2.32 bits per heavy atom. The summed E-state index contributed by atoms with van der Waals surface area (Å²) in [7, 11) is 0. The molecule has 2 heterocycles. The van der Waals surface area contributed by atoms with E-state index in [1.807, 2.05) is 29.1 Å². The van der Waals surface area contributed by atoms with Crippen molar-refractivity contribution in [1.29, 1.82) is 0 Å². The van der Waals surface area contributed by atoms with E-state index in [4.69, 9.17) is 10.2 Å². The molecule has 1 aliphatic carbocycles. The van der Waals surface area contributed by atoms with Crippen molar-refractivity contribution in [2.75, 3.05) is 12.3 Å². The Kier molecular flexibility index (Phi) is 3.55. The molecule has 0 unspecified atom stereocenters. The number of nitrogens with two attached hydrogens (primary N) is 1. The van der Waals surface area contributed by atoms with E-state index >= 15 is 0 Å². The van der Waals surface area contributed by atoms with Crippen LogP contribution >= 0.6 is 0 Å². The number of nitrogen functional groups attached to an aromatic ring is 1. The third-order valence-corrected chi connectivity index (χ3v) is 3.50. The fourth-order valence-corrected chi connectivity index (χ4v) is 2.37. The fourth-order valence-electron chi connectivity index (χ4n) is 2.37. The topological polar surface area (TPSA) is 60.2 Å². The van der Waals surface area contributed by atoms with Crippen molar-refractivity contribution in [2.24, 2.45) is 0 Å². The van der Waals surface area contributed by atoms with Gasteiger partial charge in [0.2, 0.25) is 0 Å². The summed E-state index contributed by atoms with van der Waals surface area (Å²) >= 11 is 0. The number of anilines is 1. The average molecular weight is 260 g/mol. The second-order valence-electron chi connectivity index (χ2n) is 5.14. The molecule has 5 heteroatoms. The standard InChI is InChI=1S/C14H20N4O/c15-14-6-9-18(16-14)8-2-7-17(12-4-5-12)11-13-3-1-10-19-13/h1,3,6,9-10,12H,2,4-5,7-8,11H2,(H2,15,16). The van der Waals surface area contributed by atoms with Crippen LogP contribution in [0.15, 0.2) is 35.1 Å². The van der Waals surface area contributed by atoms with E-state index in [0.717, 1.165) is 37.9 Å². The van der Waals surface area contributed by atoms with E-state index in [9.17, 15) is 0 Å². The van der Waals surface area contributed by atoms with Crippen molar-refractivity contribution in [3.8, 4) is 0 Å². The quantitative estimate of drug-likeness (QED) is 0.828. The maximum absolute atomic E-state index is 5.60. The number of nitrogens with zero attached hydrogens (tertiary/aromatic N) is 3. The minimum atomic E-state index is 0.592. The molecule has 5 nitrogen and oxygen atoms in total. The van der Waals surface area contributed by atoms with Crippen LogP contribution in [0.2, 0.25) is 0 Å². The van der Waals surface area contributed by atoms with Gasteiger partial charge in [-0.1, -0.05) is 0 Å². The van der Waals surface area contributed by atoms with Gasteiger partial charge in [0.15, 0.2) is 0 Å². The van der Waals surface area contributed by atoms with Gasteiger partial charge in [-0.15, -0.1) is 0 Å². The van der Waals surface area contributed by atoms with Crippen molar-refractivity contribution in [2.45, 2.75) is 38.4 Å². The molecule has 19 heavy (non-hydrogen) atoms. The van der Waals surface area contributed by atoms with Crippen molar-refractivity contribution in [3.63, 3.8) is 0 Å². The number of hydrogen-bond donors (Lipinski definition) is 1. The molecule has 2 aromatic rings. The van der Waals surface area contributed by atoms with Crippen molar-refractivity contribution < 1.29 is 4.42 Å². The molecular weight excluding hydrogens is 240 g/mol. The highest BCUT2D eigenvalue weighted by atomic mass is 16.3. The number of furan rings is 1. The van der Waals surface area contributed by atoms with Gasteiger partial charge in [-0.3, -0.25) is 9.58 Å². The van der Waals surface area contributed by atoms with E-state index < -0.39 is 0 Å². The molecule has 0 aromatic carbocycles. The Morgan fingerprint density at radius 3 is 2.95 bits per heavy atom. The van der Waals surface area contributed by atoms with Crippen LogP contribution in [-0.4, -0.2) is 27.3 Å². The molecule has 1 fully saturated rings. The third kappa shape index (κ3) is 3.38. The van der Waals surface area contributed by atoms with E-state index in [0.29, 0.717) is 5.82 Å². The predicted octanol–water partition coefficient (Wildman–Crippen LogP) is 2.11. The van der Waals surface area contributed by atoms with Gasteiger partial charge >= 0.3 is 0 Å². The van der Waals surface area contributed by atoms with Crippen LogP contribution < -0.4 is 5.73 Å². The lowest BCUT2D eigenvalue weighted by molar-refractivity contribution is 0.226. The molecule has 1 saturated carbocycles. The van der Waals surface area contributed by atoms with Crippen LogP contribution in [0.25, 0.3) is 0 Å². The molecule has 0 spiro atoms.